The van der Waals surface area contributed by atoms with E-state index in [1.54, 1.807) is 19.1 Å². The number of carbonyl (C=O) groups is 1. The molecule has 5 nitrogen and oxygen atoms in total. The number of ether oxygens (including phenoxy) is 1. The number of carbonyl (C=O) groups excluding carboxylic acids is 1. The number of aromatic nitrogens is 2. The molecule has 3 rings (SSSR count). The first-order valence-electron chi connectivity index (χ1n) is 7.65. The van der Waals surface area contributed by atoms with Gasteiger partial charge in [0, 0.05) is 4.88 Å². The van der Waals surface area contributed by atoms with E-state index in [4.69, 9.17) is 4.74 Å². The Bertz CT molecular complexity index is 988. The quantitative estimate of drug-likeness (QED) is 0.734. The van der Waals surface area contributed by atoms with Crippen molar-refractivity contribution < 1.29 is 9.53 Å². The zero-order chi connectivity index (χ0) is 17.4. The minimum absolute atomic E-state index is 0.198. The lowest BCUT2D eigenvalue weighted by Crippen LogP contribution is -2.17. The molecule has 0 unspecified atom stereocenters. The van der Waals surface area contributed by atoms with Crippen LogP contribution in [0.3, 0.4) is 0 Å². The normalized spacial score (nSPS) is 12.3. The van der Waals surface area contributed by atoms with Gasteiger partial charge in [0.25, 0.3) is 5.56 Å². The average molecular weight is 342 g/mol. The number of rotatable bonds is 3. The lowest BCUT2D eigenvalue weighted by Gasteiger charge is -2.13. The van der Waals surface area contributed by atoms with Crippen LogP contribution >= 0.6 is 11.3 Å². The molecule has 0 saturated heterocycles. The van der Waals surface area contributed by atoms with E-state index in [0.717, 1.165) is 16.0 Å². The van der Waals surface area contributed by atoms with Crippen LogP contribution in [-0.2, 0) is 4.74 Å². The number of H-pyrrole nitrogens is 1. The molecular weight excluding hydrogens is 324 g/mol. The summed E-state index contributed by atoms with van der Waals surface area (Å²) < 4.78 is 5.48. The number of aryl methyl sites for hydroxylation is 3. The van der Waals surface area contributed by atoms with E-state index in [1.165, 1.54) is 11.3 Å². The van der Waals surface area contributed by atoms with Crippen LogP contribution < -0.4 is 5.56 Å². The Balaban J connectivity index is 1.92. The van der Waals surface area contributed by atoms with Gasteiger partial charge < -0.3 is 9.72 Å². The number of benzene rings is 1. The second-order valence-corrected chi connectivity index (χ2v) is 6.98. The molecule has 6 heteroatoms. The number of hydrogen-bond donors (Lipinski definition) is 1. The molecule has 0 amide bonds. The molecule has 1 aromatic carbocycles. The highest BCUT2D eigenvalue weighted by Gasteiger charge is 2.19. The summed E-state index contributed by atoms with van der Waals surface area (Å²) in [6.45, 7) is 7.42. The average Bonchev–Trinajstić information content (AvgIpc) is 2.82. The van der Waals surface area contributed by atoms with Gasteiger partial charge >= 0.3 is 5.97 Å². The third kappa shape index (κ3) is 2.85. The Morgan fingerprint density at radius 3 is 2.67 bits per heavy atom. The smallest absolute Gasteiger partial charge is 0.339 e. The van der Waals surface area contributed by atoms with Crippen LogP contribution in [0.15, 0.2) is 29.1 Å². The predicted octanol–water partition coefficient (Wildman–Crippen LogP) is 3.83. The Hall–Kier alpha value is -2.47. The molecule has 0 bridgehead atoms. The molecule has 24 heavy (non-hydrogen) atoms. The Morgan fingerprint density at radius 1 is 1.25 bits per heavy atom. The first-order valence-corrected chi connectivity index (χ1v) is 8.46. The molecule has 1 N–H and O–H groups in total. The van der Waals surface area contributed by atoms with Gasteiger partial charge in [-0.1, -0.05) is 18.2 Å². The van der Waals surface area contributed by atoms with Crippen LogP contribution in [-0.4, -0.2) is 15.9 Å². The summed E-state index contributed by atoms with van der Waals surface area (Å²) in [7, 11) is 0. The highest BCUT2D eigenvalue weighted by Crippen LogP contribution is 2.27. The zero-order valence-corrected chi connectivity index (χ0v) is 14.8. The molecule has 124 valence electrons. The highest BCUT2D eigenvalue weighted by atomic mass is 32.1. The van der Waals surface area contributed by atoms with Gasteiger partial charge in [-0.25, -0.2) is 9.78 Å². The Kier molecular flexibility index (Phi) is 4.24. The fraction of sp³-hybridized carbons (Fsp3) is 0.278. The van der Waals surface area contributed by atoms with Crippen molar-refractivity contribution in [3.8, 4) is 0 Å². The zero-order valence-electron chi connectivity index (χ0n) is 14.0. The summed E-state index contributed by atoms with van der Waals surface area (Å²) in [6.07, 6.45) is -0.642. The number of nitrogens with zero attached hydrogens (tertiary/aromatic N) is 1. The number of aromatic amines is 1. The number of esters is 1. The maximum Gasteiger partial charge on any atom is 0.339 e. The molecular formula is C18H18N2O3S. The van der Waals surface area contributed by atoms with Crippen molar-refractivity contribution >= 4 is 27.5 Å². The topological polar surface area (TPSA) is 72.0 Å². The van der Waals surface area contributed by atoms with Crippen LogP contribution in [0.5, 0.6) is 0 Å². The monoisotopic (exact) mass is 342 g/mol. The van der Waals surface area contributed by atoms with Gasteiger partial charge in [0.15, 0.2) is 11.9 Å². The van der Waals surface area contributed by atoms with E-state index >= 15 is 0 Å². The van der Waals surface area contributed by atoms with Crippen molar-refractivity contribution in [1.82, 2.24) is 9.97 Å². The van der Waals surface area contributed by atoms with Gasteiger partial charge in [0.05, 0.1) is 10.9 Å². The second kappa shape index (κ2) is 6.20. The molecule has 2 heterocycles. The number of fused-ring (bicyclic) bond motifs is 1. The van der Waals surface area contributed by atoms with Gasteiger partial charge in [0.1, 0.15) is 4.83 Å². The van der Waals surface area contributed by atoms with E-state index in [9.17, 15) is 9.59 Å². The largest absolute Gasteiger partial charge is 0.451 e. The van der Waals surface area contributed by atoms with E-state index in [-0.39, 0.29) is 5.56 Å². The SMILES string of the molecule is Cc1ccccc1C(=O)O[C@@H](C)c1nc2sc(C)c(C)c2c(=O)[nH]1. The van der Waals surface area contributed by atoms with Crippen LogP contribution in [0, 0.1) is 20.8 Å². The highest BCUT2D eigenvalue weighted by molar-refractivity contribution is 7.18. The van der Waals surface area contributed by atoms with Crippen molar-refractivity contribution in [3.05, 3.63) is 62.0 Å². The summed E-state index contributed by atoms with van der Waals surface area (Å²) in [5.74, 6) is -0.0717. The minimum atomic E-state index is -0.642. The summed E-state index contributed by atoms with van der Waals surface area (Å²) >= 11 is 1.47. The van der Waals surface area contributed by atoms with E-state index in [2.05, 4.69) is 9.97 Å². The van der Waals surface area contributed by atoms with Crippen LogP contribution in [0.1, 0.15) is 45.2 Å². The Morgan fingerprint density at radius 2 is 1.96 bits per heavy atom. The number of thiophene rings is 1. The third-order valence-electron chi connectivity index (χ3n) is 4.09. The summed E-state index contributed by atoms with van der Waals surface area (Å²) in [4.78, 5) is 33.6. The predicted molar refractivity (Wildman–Crippen MR) is 94.7 cm³/mol. The molecule has 0 radical (unpaired) electrons. The number of nitrogens with one attached hydrogen (secondary N) is 1. The van der Waals surface area contributed by atoms with Gasteiger partial charge in [-0.3, -0.25) is 4.79 Å². The molecule has 0 fully saturated rings. The van der Waals surface area contributed by atoms with Crippen LogP contribution in [0.25, 0.3) is 10.2 Å². The fourth-order valence-electron chi connectivity index (χ4n) is 2.55. The lowest BCUT2D eigenvalue weighted by atomic mass is 10.1. The second-order valence-electron chi connectivity index (χ2n) is 5.78. The summed E-state index contributed by atoms with van der Waals surface area (Å²) in [6, 6.07) is 7.22. The molecule has 0 aliphatic carbocycles. The van der Waals surface area contributed by atoms with E-state index in [1.807, 2.05) is 32.9 Å². The van der Waals surface area contributed by atoms with Crippen molar-refractivity contribution in [2.24, 2.45) is 0 Å². The van der Waals surface area contributed by atoms with Gasteiger partial charge in [0.2, 0.25) is 0 Å². The first kappa shape index (κ1) is 16.4. The van der Waals surface area contributed by atoms with E-state index in [0.29, 0.717) is 21.6 Å². The van der Waals surface area contributed by atoms with Crippen molar-refractivity contribution in [1.29, 1.82) is 0 Å². The van der Waals surface area contributed by atoms with Crippen LogP contribution in [0.2, 0.25) is 0 Å². The molecule has 0 aliphatic rings. The molecule has 3 aromatic rings. The maximum atomic E-state index is 12.3. The van der Waals surface area contributed by atoms with Gasteiger partial charge in [-0.05, 0) is 44.9 Å². The van der Waals surface area contributed by atoms with Gasteiger partial charge in [-0.2, -0.15) is 0 Å². The van der Waals surface area contributed by atoms with Crippen LogP contribution in [0.4, 0.5) is 0 Å². The molecule has 0 aliphatic heterocycles. The third-order valence-corrected chi connectivity index (χ3v) is 5.19. The molecule has 0 spiro atoms. The summed E-state index contributed by atoms with van der Waals surface area (Å²) in [5.41, 5.74) is 2.10. The van der Waals surface area contributed by atoms with Gasteiger partial charge in [-0.15, -0.1) is 11.3 Å². The van der Waals surface area contributed by atoms with Crippen molar-refractivity contribution in [2.45, 2.75) is 33.8 Å². The van der Waals surface area contributed by atoms with E-state index < -0.39 is 12.1 Å². The van der Waals surface area contributed by atoms with Crippen molar-refractivity contribution in [3.63, 3.8) is 0 Å². The maximum absolute atomic E-state index is 12.3. The fourth-order valence-corrected chi connectivity index (χ4v) is 3.58. The standard InChI is InChI=1S/C18H18N2O3S/c1-9-7-5-6-8-13(9)18(22)23-11(3)15-19-16(21)14-10(2)12(4)24-17(14)20-15/h5-8,11H,1-4H3,(H,19,20,21)/t11-/m0/s1. The lowest BCUT2D eigenvalue weighted by molar-refractivity contribution is 0.0319. The summed E-state index contributed by atoms with van der Waals surface area (Å²) in [5, 5.41) is 0.610. The molecule has 1 atom stereocenters. The van der Waals surface area contributed by atoms with Crippen molar-refractivity contribution in [2.75, 3.05) is 0 Å². The number of hydrogen-bond acceptors (Lipinski definition) is 5. The minimum Gasteiger partial charge on any atom is -0.451 e. The first-order chi connectivity index (χ1) is 11.4. The molecule has 2 aromatic heterocycles. The molecule has 0 saturated carbocycles. The Labute approximate surface area is 143 Å².